The molecule has 2 N–H and O–H groups in total. The number of carbonyl (C=O) groups excluding carboxylic acids is 1. The lowest BCUT2D eigenvalue weighted by Crippen LogP contribution is -2.51. The number of rotatable bonds is 7. The summed E-state index contributed by atoms with van der Waals surface area (Å²) in [7, 11) is 0. The monoisotopic (exact) mass is 305 g/mol. The normalized spacial score (nSPS) is 13.7. The molecule has 1 unspecified atom stereocenters. The number of carbonyl (C=O) groups is 2. The van der Waals surface area contributed by atoms with Crippen LogP contribution in [-0.2, 0) is 16.0 Å². The maximum absolute atomic E-state index is 12.2. The predicted molar refractivity (Wildman–Crippen MR) is 87.9 cm³/mol. The van der Waals surface area contributed by atoms with Gasteiger partial charge in [0.2, 0.25) is 5.91 Å². The number of benzene rings is 1. The molecule has 1 rings (SSSR count). The Balaban J connectivity index is 2.66. The highest BCUT2D eigenvalue weighted by Crippen LogP contribution is 2.21. The van der Waals surface area contributed by atoms with Crippen molar-refractivity contribution in [3.05, 3.63) is 34.9 Å². The summed E-state index contributed by atoms with van der Waals surface area (Å²) in [6.07, 6.45) is 0.959. The lowest BCUT2D eigenvalue weighted by Gasteiger charge is -2.33. The van der Waals surface area contributed by atoms with Crippen LogP contribution in [0.25, 0.3) is 0 Å². The number of carboxylic acid groups (broad SMARTS) is 1. The molecule has 0 fully saturated rings. The Morgan fingerprint density at radius 3 is 2.18 bits per heavy atom. The maximum atomic E-state index is 12.2. The second-order valence-corrected chi connectivity index (χ2v) is 6.69. The summed E-state index contributed by atoms with van der Waals surface area (Å²) in [6, 6.07) is 6.27. The molecular formula is C18H27NO3. The summed E-state index contributed by atoms with van der Waals surface area (Å²) in [5, 5.41) is 11.9. The third-order valence-corrected chi connectivity index (χ3v) is 4.14. The highest BCUT2D eigenvalue weighted by atomic mass is 16.4. The van der Waals surface area contributed by atoms with E-state index in [1.165, 1.54) is 11.1 Å². The Morgan fingerprint density at radius 2 is 1.73 bits per heavy atom. The fourth-order valence-electron chi connectivity index (χ4n) is 2.56. The Bertz CT molecular complexity index is 531. The van der Waals surface area contributed by atoms with Gasteiger partial charge in [0, 0.05) is 12.0 Å². The van der Waals surface area contributed by atoms with Gasteiger partial charge in [0.05, 0.1) is 6.42 Å². The van der Waals surface area contributed by atoms with Crippen LogP contribution in [0.1, 0.15) is 50.3 Å². The van der Waals surface area contributed by atoms with Crippen molar-refractivity contribution in [1.82, 2.24) is 5.32 Å². The van der Waals surface area contributed by atoms with Crippen molar-refractivity contribution in [3.8, 4) is 0 Å². The van der Waals surface area contributed by atoms with E-state index in [9.17, 15) is 9.59 Å². The van der Waals surface area contributed by atoms with E-state index in [0.717, 1.165) is 5.56 Å². The average Bonchev–Trinajstić information content (AvgIpc) is 2.34. The molecule has 0 aliphatic heterocycles. The van der Waals surface area contributed by atoms with E-state index in [4.69, 9.17) is 5.11 Å². The molecular weight excluding hydrogens is 278 g/mol. The molecule has 0 radical (unpaired) electrons. The van der Waals surface area contributed by atoms with Gasteiger partial charge in [-0.05, 0) is 38.7 Å². The van der Waals surface area contributed by atoms with Gasteiger partial charge in [0.25, 0.3) is 0 Å². The fourth-order valence-corrected chi connectivity index (χ4v) is 2.56. The zero-order chi connectivity index (χ0) is 16.9. The largest absolute Gasteiger partial charge is 0.481 e. The molecule has 1 amide bonds. The number of aliphatic carboxylic acids is 1. The van der Waals surface area contributed by atoms with Crippen molar-refractivity contribution in [1.29, 1.82) is 0 Å². The van der Waals surface area contributed by atoms with E-state index in [1.807, 2.05) is 27.7 Å². The van der Waals surface area contributed by atoms with E-state index in [-0.39, 0.29) is 18.2 Å². The summed E-state index contributed by atoms with van der Waals surface area (Å²) in [5.74, 6) is -0.948. The topological polar surface area (TPSA) is 66.4 Å². The number of carboxylic acids is 1. The van der Waals surface area contributed by atoms with Gasteiger partial charge in [-0.15, -0.1) is 0 Å². The molecule has 4 heteroatoms. The van der Waals surface area contributed by atoms with Crippen LogP contribution in [0.4, 0.5) is 0 Å². The number of aryl methyl sites for hydroxylation is 3. The van der Waals surface area contributed by atoms with Gasteiger partial charge in [0.1, 0.15) is 0 Å². The summed E-state index contributed by atoms with van der Waals surface area (Å²) >= 11 is 0. The molecule has 1 atom stereocenters. The van der Waals surface area contributed by atoms with Crippen molar-refractivity contribution in [2.24, 2.45) is 5.92 Å². The van der Waals surface area contributed by atoms with Crippen LogP contribution < -0.4 is 5.32 Å². The SMILES string of the molecule is Cc1cc(C)cc(CCC(=O)NC(C)(CC(=O)O)C(C)C)c1. The van der Waals surface area contributed by atoms with Crippen LogP contribution in [-0.4, -0.2) is 22.5 Å². The van der Waals surface area contributed by atoms with E-state index >= 15 is 0 Å². The van der Waals surface area contributed by atoms with Crippen LogP contribution in [0.3, 0.4) is 0 Å². The highest BCUT2D eigenvalue weighted by Gasteiger charge is 2.32. The first-order chi connectivity index (χ1) is 10.1. The van der Waals surface area contributed by atoms with Crippen molar-refractivity contribution in [2.75, 3.05) is 0 Å². The quantitative estimate of drug-likeness (QED) is 0.812. The second kappa shape index (κ2) is 7.43. The fraction of sp³-hybridized carbons (Fsp3) is 0.556. The van der Waals surface area contributed by atoms with Gasteiger partial charge >= 0.3 is 5.97 Å². The van der Waals surface area contributed by atoms with Gasteiger partial charge in [-0.1, -0.05) is 43.2 Å². The second-order valence-electron chi connectivity index (χ2n) is 6.69. The first kappa shape index (κ1) is 18.2. The molecule has 0 aliphatic rings. The molecule has 1 aromatic rings. The lowest BCUT2D eigenvalue weighted by atomic mass is 9.85. The Hall–Kier alpha value is -1.84. The Labute approximate surface area is 132 Å². The molecule has 122 valence electrons. The van der Waals surface area contributed by atoms with E-state index in [2.05, 4.69) is 23.5 Å². The van der Waals surface area contributed by atoms with E-state index < -0.39 is 11.5 Å². The standard InChI is InChI=1S/C18H27NO3/c1-12(2)18(5,11-17(21)22)19-16(20)7-6-15-9-13(3)8-14(4)10-15/h8-10,12H,6-7,11H2,1-5H3,(H,19,20)(H,21,22). The van der Waals surface area contributed by atoms with Crippen molar-refractivity contribution >= 4 is 11.9 Å². The number of hydrogen-bond donors (Lipinski definition) is 2. The zero-order valence-electron chi connectivity index (χ0n) is 14.2. The van der Waals surface area contributed by atoms with Gasteiger partial charge < -0.3 is 10.4 Å². The smallest absolute Gasteiger partial charge is 0.305 e. The van der Waals surface area contributed by atoms with Gasteiger partial charge in [-0.3, -0.25) is 9.59 Å². The lowest BCUT2D eigenvalue weighted by molar-refractivity contribution is -0.139. The molecule has 1 aromatic carbocycles. The number of hydrogen-bond acceptors (Lipinski definition) is 2. The first-order valence-electron chi connectivity index (χ1n) is 7.72. The molecule has 0 saturated heterocycles. The van der Waals surface area contributed by atoms with Crippen molar-refractivity contribution in [2.45, 2.75) is 59.4 Å². The molecule has 0 heterocycles. The summed E-state index contributed by atoms with van der Waals surface area (Å²) in [5.41, 5.74) is 2.80. The molecule has 4 nitrogen and oxygen atoms in total. The molecule has 0 saturated carbocycles. The Kier molecular flexibility index (Phi) is 6.15. The minimum atomic E-state index is -0.897. The molecule has 0 spiro atoms. The third kappa shape index (κ3) is 5.51. The van der Waals surface area contributed by atoms with Crippen LogP contribution >= 0.6 is 0 Å². The van der Waals surface area contributed by atoms with Crippen LogP contribution in [0.2, 0.25) is 0 Å². The minimum Gasteiger partial charge on any atom is -0.481 e. The highest BCUT2D eigenvalue weighted by molar-refractivity contribution is 5.78. The minimum absolute atomic E-state index is 0.0498. The first-order valence-corrected chi connectivity index (χ1v) is 7.72. The van der Waals surface area contributed by atoms with Crippen LogP contribution in [0.5, 0.6) is 0 Å². The number of nitrogens with one attached hydrogen (secondary N) is 1. The van der Waals surface area contributed by atoms with Crippen molar-refractivity contribution < 1.29 is 14.7 Å². The molecule has 0 bridgehead atoms. The summed E-state index contributed by atoms with van der Waals surface area (Å²) in [4.78, 5) is 23.2. The molecule has 22 heavy (non-hydrogen) atoms. The third-order valence-electron chi connectivity index (χ3n) is 4.14. The predicted octanol–water partition coefficient (Wildman–Crippen LogP) is 3.24. The van der Waals surface area contributed by atoms with Crippen LogP contribution in [0, 0.1) is 19.8 Å². The van der Waals surface area contributed by atoms with Crippen molar-refractivity contribution in [3.63, 3.8) is 0 Å². The maximum Gasteiger partial charge on any atom is 0.305 e. The van der Waals surface area contributed by atoms with Crippen LogP contribution in [0.15, 0.2) is 18.2 Å². The zero-order valence-corrected chi connectivity index (χ0v) is 14.2. The summed E-state index contributed by atoms with van der Waals surface area (Å²) < 4.78 is 0. The van der Waals surface area contributed by atoms with Gasteiger partial charge in [-0.2, -0.15) is 0 Å². The molecule has 0 aromatic heterocycles. The summed E-state index contributed by atoms with van der Waals surface area (Å²) in [6.45, 7) is 9.72. The number of amides is 1. The Morgan fingerprint density at radius 1 is 1.18 bits per heavy atom. The van der Waals surface area contributed by atoms with Gasteiger partial charge in [0.15, 0.2) is 0 Å². The van der Waals surface area contributed by atoms with Gasteiger partial charge in [-0.25, -0.2) is 0 Å². The molecule has 0 aliphatic carbocycles. The van der Waals surface area contributed by atoms with E-state index in [1.54, 1.807) is 6.92 Å². The van der Waals surface area contributed by atoms with E-state index in [0.29, 0.717) is 12.8 Å². The average molecular weight is 305 g/mol.